The van der Waals surface area contributed by atoms with E-state index < -0.39 is 11.5 Å². The summed E-state index contributed by atoms with van der Waals surface area (Å²) in [6, 6.07) is 0.938. The van der Waals surface area contributed by atoms with Crippen molar-refractivity contribution in [3.63, 3.8) is 0 Å². The van der Waals surface area contributed by atoms with Crippen molar-refractivity contribution in [3.05, 3.63) is 0 Å². The van der Waals surface area contributed by atoms with Gasteiger partial charge in [-0.3, -0.25) is 9.69 Å². The molecule has 1 saturated heterocycles. The molecule has 0 aromatic heterocycles. The van der Waals surface area contributed by atoms with Gasteiger partial charge in [0.2, 0.25) is 0 Å². The monoisotopic (exact) mass is 184 g/mol. The molecule has 4 heteroatoms. The van der Waals surface area contributed by atoms with E-state index in [-0.39, 0.29) is 0 Å². The Morgan fingerprint density at radius 3 is 2.62 bits per heavy atom. The van der Waals surface area contributed by atoms with Crippen molar-refractivity contribution < 1.29 is 9.90 Å². The fourth-order valence-corrected chi connectivity index (χ4v) is 2.24. The van der Waals surface area contributed by atoms with Gasteiger partial charge in [0.25, 0.3) is 0 Å². The van der Waals surface area contributed by atoms with Crippen molar-refractivity contribution in [1.29, 1.82) is 0 Å². The minimum Gasteiger partial charge on any atom is -0.480 e. The number of aliphatic carboxylic acids is 1. The van der Waals surface area contributed by atoms with Crippen molar-refractivity contribution in [2.45, 2.75) is 43.8 Å². The Labute approximate surface area is 77.7 Å². The summed E-state index contributed by atoms with van der Waals surface area (Å²) in [6.45, 7) is 2.59. The van der Waals surface area contributed by atoms with Gasteiger partial charge in [-0.15, -0.1) is 0 Å². The van der Waals surface area contributed by atoms with Crippen molar-refractivity contribution in [3.8, 4) is 0 Å². The first kappa shape index (κ1) is 8.97. The second kappa shape index (κ2) is 2.69. The van der Waals surface area contributed by atoms with Gasteiger partial charge in [0, 0.05) is 18.6 Å². The Bertz CT molecular complexity index is 240. The van der Waals surface area contributed by atoms with E-state index in [0.717, 1.165) is 0 Å². The molecule has 0 radical (unpaired) electrons. The van der Waals surface area contributed by atoms with Gasteiger partial charge in [-0.05, 0) is 26.2 Å². The van der Waals surface area contributed by atoms with Crippen LogP contribution in [0.15, 0.2) is 0 Å². The van der Waals surface area contributed by atoms with Crippen LogP contribution in [-0.2, 0) is 4.79 Å². The summed E-state index contributed by atoms with van der Waals surface area (Å²) in [7, 11) is 0. The average molecular weight is 184 g/mol. The topological polar surface area (TPSA) is 66.6 Å². The third-order valence-corrected chi connectivity index (χ3v) is 3.13. The van der Waals surface area contributed by atoms with E-state index in [1.807, 2.05) is 0 Å². The molecule has 2 rings (SSSR count). The van der Waals surface area contributed by atoms with E-state index >= 15 is 0 Å². The number of carboxylic acid groups (broad SMARTS) is 1. The first-order valence-electron chi connectivity index (χ1n) is 4.81. The van der Waals surface area contributed by atoms with E-state index in [0.29, 0.717) is 25.0 Å². The van der Waals surface area contributed by atoms with Gasteiger partial charge < -0.3 is 10.8 Å². The van der Waals surface area contributed by atoms with Crippen LogP contribution in [0, 0.1) is 0 Å². The fourth-order valence-electron chi connectivity index (χ4n) is 2.24. The molecule has 3 N–H and O–H groups in total. The van der Waals surface area contributed by atoms with Crippen LogP contribution >= 0.6 is 0 Å². The van der Waals surface area contributed by atoms with Crippen LogP contribution in [0.3, 0.4) is 0 Å². The standard InChI is InChI=1S/C9H16N2O2/c1-6-4-9(10,8(12)13)5-11(6)7-2-3-7/h6-7H,2-5,10H2,1H3,(H,12,13). The summed E-state index contributed by atoms with van der Waals surface area (Å²) in [5.74, 6) is -0.859. The highest BCUT2D eigenvalue weighted by Crippen LogP contribution is 2.36. The third kappa shape index (κ3) is 1.44. The van der Waals surface area contributed by atoms with Gasteiger partial charge in [-0.1, -0.05) is 0 Å². The molecule has 2 unspecified atom stereocenters. The van der Waals surface area contributed by atoms with E-state index in [1.165, 1.54) is 12.8 Å². The van der Waals surface area contributed by atoms with Crippen LogP contribution in [0.4, 0.5) is 0 Å². The maximum absolute atomic E-state index is 10.9. The van der Waals surface area contributed by atoms with Crippen LogP contribution < -0.4 is 5.73 Å². The van der Waals surface area contributed by atoms with E-state index in [2.05, 4.69) is 11.8 Å². The van der Waals surface area contributed by atoms with Crippen molar-refractivity contribution >= 4 is 5.97 Å². The molecule has 0 aromatic rings. The van der Waals surface area contributed by atoms with Gasteiger partial charge >= 0.3 is 5.97 Å². The second-order valence-electron chi connectivity index (χ2n) is 4.42. The Kier molecular flexibility index (Phi) is 1.85. The Morgan fingerprint density at radius 1 is 1.62 bits per heavy atom. The zero-order chi connectivity index (χ0) is 9.64. The molecule has 1 heterocycles. The Balaban J connectivity index is 2.08. The number of hydrogen-bond donors (Lipinski definition) is 2. The van der Waals surface area contributed by atoms with Crippen molar-refractivity contribution in [1.82, 2.24) is 4.90 Å². The lowest BCUT2D eigenvalue weighted by Gasteiger charge is -2.20. The number of hydrogen-bond acceptors (Lipinski definition) is 3. The molecule has 1 saturated carbocycles. The zero-order valence-electron chi connectivity index (χ0n) is 7.86. The number of likely N-dealkylation sites (tertiary alicyclic amines) is 1. The summed E-state index contributed by atoms with van der Waals surface area (Å²) in [5, 5.41) is 8.96. The highest BCUT2D eigenvalue weighted by atomic mass is 16.4. The SMILES string of the molecule is CC1CC(N)(C(=O)O)CN1C1CC1. The lowest BCUT2D eigenvalue weighted by molar-refractivity contribution is -0.142. The van der Waals surface area contributed by atoms with Gasteiger partial charge in [-0.2, -0.15) is 0 Å². The smallest absolute Gasteiger partial charge is 0.325 e. The summed E-state index contributed by atoms with van der Waals surface area (Å²) < 4.78 is 0. The quantitative estimate of drug-likeness (QED) is 0.635. The molecule has 0 bridgehead atoms. The first-order chi connectivity index (χ1) is 6.03. The molecule has 1 aliphatic carbocycles. The summed E-state index contributed by atoms with van der Waals surface area (Å²) >= 11 is 0. The number of nitrogens with zero attached hydrogens (tertiary/aromatic N) is 1. The van der Waals surface area contributed by atoms with Gasteiger partial charge in [0.15, 0.2) is 0 Å². The molecule has 13 heavy (non-hydrogen) atoms. The summed E-state index contributed by atoms with van der Waals surface area (Å²) in [4.78, 5) is 13.1. The maximum atomic E-state index is 10.9. The normalized spacial score (nSPS) is 40.9. The number of nitrogens with two attached hydrogens (primary N) is 1. The molecule has 4 nitrogen and oxygen atoms in total. The average Bonchev–Trinajstić information content (AvgIpc) is 2.79. The van der Waals surface area contributed by atoms with Crippen LogP contribution in [0.2, 0.25) is 0 Å². The highest BCUT2D eigenvalue weighted by molar-refractivity contribution is 5.79. The fraction of sp³-hybridized carbons (Fsp3) is 0.889. The third-order valence-electron chi connectivity index (χ3n) is 3.13. The van der Waals surface area contributed by atoms with E-state index in [9.17, 15) is 4.79 Å². The molecule has 0 aromatic carbocycles. The molecule has 0 amide bonds. The molecule has 1 aliphatic heterocycles. The largest absolute Gasteiger partial charge is 0.480 e. The highest BCUT2D eigenvalue weighted by Gasteiger charge is 2.49. The zero-order valence-corrected chi connectivity index (χ0v) is 7.86. The molecule has 2 fully saturated rings. The predicted octanol–water partition coefficient (Wildman–Crippen LogP) is 0.0251. The molecule has 0 spiro atoms. The van der Waals surface area contributed by atoms with Gasteiger partial charge in [0.1, 0.15) is 5.54 Å². The van der Waals surface area contributed by atoms with Gasteiger partial charge in [-0.25, -0.2) is 0 Å². The van der Waals surface area contributed by atoms with Crippen LogP contribution in [-0.4, -0.2) is 40.1 Å². The van der Waals surface area contributed by atoms with Gasteiger partial charge in [0.05, 0.1) is 0 Å². The first-order valence-corrected chi connectivity index (χ1v) is 4.81. The van der Waals surface area contributed by atoms with Crippen LogP contribution in [0.1, 0.15) is 26.2 Å². The van der Waals surface area contributed by atoms with Crippen LogP contribution in [0.25, 0.3) is 0 Å². The molecule has 2 aliphatic rings. The van der Waals surface area contributed by atoms with Crippen LogP contribution in [0.5, 0.6) is 0 Å². The molecular weight excluding hydrogens is 168 g/mol. The molecular formula is C9H16N2O2. The number of carboxylic acids is 1. The number of rotatable bonds is 2. The second-order valence-corrected chi connectivity index (χ2v) is 4.42. The summed E-state index contributed by atoms with van der Waals surface area (Å²) in [6.07, 6.45) is 3.00. The van der Waals surface area contributed by atoms with Crippen molar-refractivity contribution in [2.75, 3.05) is 6.54 Å². The molecule has 2 atom stereocenters. The van der Waals surface area contributed by atoms with E-state index in [1.54, 1.807) is 0 Å². The van der Waals surface area contributed by atoms with Crippen molar-refractivity contribution in [2.24, 2.45) is 5.73 Å². The maximum Gasteiger partial charge on any atom is 0.325 e. The predicted molar refractivity (Wildman–Crippen MR) is 48.4 cm³/mol. The number of carbonyl (C=O) groups is 1. The Hall–Kier alpha value is -0.610. The lowest BCUT2D eigenvalue weighted by atomic mass is 9.98. The molecule has 74 valence electrons. The lowest BCUT2D eigenvalue weighted by Crippen LogP contribution is -2.50. The minimum absolute atomic E-state index is 0.327. The Morgan fingerprint density at radius 2 is 2.23 bits per heavy atom. The summed E-state index contributed by atoms with van der Waals surface area (Å²) in [5.41, 5.74) is 4.81. The van der Waals surface area contributed by atoms with E-state index in [4.69, 9.17) is 10.8 Å². The minimum atomic E-state index is -0.998.